The molecule has 2 heterocycles. The molecule has 0 spiro atoms. The molecular formula is C11H13F3N2O. The maximum Gasteiger partial charge on any atom is 0.417 e. The summed E-state index contributed by atoms with van der Waals surface area (Å²) in [5, 5.41) is 8.83. The van der Waals surface area contributed by atoms with Gasteiger partial charge in [-0.2, -0.15) is 13.2 Å². The third-order valence-corrected chi connectivity index (χ3v) is 2.83. The van der Waals surface area contributed by atoms with E-state index < -0.39 is 11.7 Å². The first-order valence-electron chi connectivity index (χ1n) is 5.34. The Bertz CT molecular complexity index is 371. The molecule has 0 radical (unpaired) electrons. The monoisotopic (exact) mass is 246 g/mol. The van der Waals surface area contributed by atoms with E-state index in [1.165, 1.54) is 6.07 Å². The van der Waals surface area contributed by atoms with Gasteiger partial charge in [-0.05, 0) is 12.1 Å². The van der Waals surface area contributed by atoms with Gasteiger partial charge in [-0.15, -0.1) is 0 Å². The van der Waals surface area contributed by atoms with E-state index in [0.29, 0.717) is 18.2 Å². The first-order chi connectivity index (χ1) is 7.99. The summed E-state index contributed by atoms with van der Waals surface area (Å²) in [6.45, 7) is 2.25. The molecule has 0 bridgehead atoms. The summed E-state index contributed by atoms with van der Waals surface area (Å²) in [7, 11) is 0. The molecule has 0 amide bonds. The summed E-state index contributed by atoms with van der Waals surface area (Å²) in [5.41, 5.74) is -0.104. The van der Waals surface area contributed by atoms with Gasteiger partial charge < -0.3 is 5.11 Å². The third-order valence-electron chi connectivity index (χ3n) is 2.83. The maximum absolute atomic E-state index is 12.3. The van der Waals surface area contributed by atoms with E-state index >= 15 is 0 Å². The number of aliphatic hydroxyl groups is 1. The van der Waals surface area contributed by atoms with Crippen LogP contribution in [-0.4, -0.2) is 34.7 Å². The summed E-state index contributed by atoms with van der Waals surface area (Å²) < 4.78 is 36.8. The Hall–Kier alpha value is -1.14. The Morgan fingerprint density at radius 2 is 2.06 bits per heavy atom. The second-order valence-corrected chi connectivity index (χ2v) is 4.28. The molecular weight excluding hydrogens is 233 g/mol. The summed E-state index contributed by atoms with van der Waals surface area (Å²) in [4.78, 5) is 5.83. The molecule has 0 aliphatic carbocycles. The lowest BCUT2D eigenvalue weighted by atomic mass is 10.0. The highest BCUT2D eigenvalue weighted by Crippen LogP contribution is 2.28. The lowest BCUT2D eigenvalue weighted by Crippen LogP contribution is -2.47. The second kappa shape index (κ2) is 4.62. The van der Waals surface area contributed by atoms with Gasteiger partial charge in [-0.1, -0.05) is 0 Å². The number of pyridine rings is 1. The minimum atomic E-state index is -4.33. The Labute approximate surface area is 96.9 Å². The van der Waals surface area contributed by atoms with Crippen LogP contribution in [-0.2, 0) is 12.7 Å². The van der Waals surface area contributed by atoms with E-state index in [0.717, 1.165) is 25.4 Å². The van der Waals surface area contributed by atoms with Crippen LogP contribution in [0.3, 0.4) is 0 Å². The SMILES string of the molecule is OCC1CN(Cc2ccc(C(F)(F)F)cn2)C1. The lowest BCUT2D eigenvalue weighted by molar-refractivity contribution is -0.137. The standard InChI is InChI=1S/C11H13F3N2O/c12-11(13,14)9-1-2-10(15-3-9)6-16-4-8(5-16)7-17/h1-3,8,17H,4-7H2. The van der Waals surface area contributed by atoms with Crippen molar-refractivity contribution in [1.82, 2.24) is 9.88 Å². The van der Waals surface area contributed by atoms with Gasteiger partial charge in [0.1, 0.15) is 0 Å². The fourth-order valence-electron chi connectivity index (χ4n) is 1.84. The average Bonchev–Trinajstić information content (AvgIpc) is 2.22. The van der Waals surface area contributed by atoms with Gasteiger partial charge in [0.25, 0.3) is 0 Å². The van der Waals surface area contributed by atoms with Crippen molar-refractivity contribution >= 4 is 0 Å². The molecule has 1 aliphatic rings. The van der Waals surface area contributed by atoms with Crippen molar-refractivity contribution in [2.24, 2.45) is 5.92 Å². The second-order valence-electron chi connectivity index (χ2n) is 4.28. The van der Waals surface area contributed by atoms with Crippen LogP contribution in [0.25, 0.3) is 0 Å². The number of nitrogens with zero attached hydrogens (tertiary/aromatic N) is 2. The predicted molar refractivity (Wildman–Crippen MR) is 55.1 cm³/mol. The smallest absolute Gasteiger partial charge is 0.396 e. The Morgan fingerprint density at radius 3 is 2.53 bits per heavy atom. The van der Waals surface area contributed by atoms with Crippen molar-refractivity contribution in [1.29, 1.82) is 0 Å². The van der Waals surface area contributed by atoms with Crippen molar-refractivity contribution in [2.75, 3.05) is 19.7 Å². The minimum absolute atomic E-state index is 0.164. The molecule has 0 aromatic carbocycles. The van der Waals surface area contributed by atoms with Crippen LogP contribution in [0.4, 0.5) is 13.2 Å². The van der Waals surface area contributed by atoms with Crippen LogP contribution in [0.1, 0.15) is 11.3 Å². The topological polar surface area (TPSA) is 36.4 Å². The van der Waals surface area contributed by atoms with Crippen LogP contribution in [0.2, 0.25) is 0 Å². The van der Waals surface area contributed by atoms with Crippen molar-refractivity contribution in [3.63, 3.8) is 0 Å². The molecule has 1 N–H and O–H groups in total. The van der Waals surface area contributed by atoms with Gasteiger partial charge in [0, 0.05) is 38.4 Å². The zero-order chi connectivity index (χ0) is 12.5. The Morgan fingerprint density at radius 1 is 1.35 bits per heavy atom. The highest BCUT2D eigenvalue weighted by Gasteiger charge is 2.31. The minimum Gasteiger partial charge on any atom is -0.396 e. The molecule has 0 saturated carbocycles. The van der Waals surface area contributed by atoms with Gasteiger partial charge in [-0.25, -0.2) is 0 Å². The quantitative estimate of drug-likeness (QED) is 0.878. The summed E-state index contributed by atoms with van der Waals surface area (Å²) in [6.07, 6.45) is -3.47. The first kappa shape index (κ1) is 12.3. The van der Waals surface area contributed by atoms with Crippen LogP contribution < -0.4 is 0 Å². The van der Waals surface area contributed by atoms with E-state index in [4.69, 9.17) is 5.11 Å². The fourth-order valence-corrected chi connectivity index (χ4v) is 1.84. The summed E-state index contributed by atoms with van der Waals surface area (Å²) in [5.74, 6) is 0.296. The van der Waals surface area contributed by atoms with Crippen LogP contribution in [0, 0.1) is 5.92 Å². The van der Waals surface area contributed by atoms with Crippen molar-refractivity contribution in [2.45, 2.75) is 12.7 Å². The van der Waals surface area contributed by atoms with E-state index in [2.05, 4.69) is 4.98 Å². The van der Waals surface area contributed by atoms with E-state index in [1.54, 1.807) is 0 Å². The molecule has 2 rings (SSSR count). The number of aliphatic hydroxyl groups excluding tert-OH is 1. The van der Waals surface area contributed by atoms with Crippen molar-refractivity contribution in [3.8, 4) is 0 Å². The van der Waals surface area contributed by atoms with Gasteiger partial charge in [-0.3, -0.25) is 9.88 Å². The number of alkyl halides is 3. The Balaban J connectivity index is 1.91. The number of halogens is 3. The van der Waals surface area contributed by atoms with E-state index in [9.17, 15) is 13.2 Å². The lowest BCUT2D eigenvalue weighted by Gasteiger charge is -2.37. The molecule has 3 nitrogen and oxygen atoms in total. The summed E-state index contributed by atoms with van der Waals surface area (Å²) >= 11 is 0. The van der Waals surface area contributed by atoms with Crippen LogP contribution in [0.5, 0.6) is 0 Å². The molecule has 1 fully saturated rings. The number of hydrogen-bond donors (Lipinski definition) is 1. The van der Waals surface area contributed by atoms with E-state index in [-0.39, 0.29) is 6.61 Å². The predicted octanol–water partition coefficient (Wildman–Crippen LogP) is 1.52. The van der Waals surface area contributed by atoms with Gasteiger partial charge in [0.2, 0.25) is 0 Å². The molecule has 0 atom stereocenters. The number of aromatic nitrogens is 1. The molecule has 6 heteroatoms. The van der Waals surface area contributed by atoms with E-state index in [1.807, 2.05) is 4.90 Å². The van der Waals surface area contributed by atoms with Gasteiger partial charge in [0.05, 0.1) is 11.3 Å². The molecule has 1 aliphatic heterocycles. The van der Waals surface area contributed by atoms with Crippen LogP contribution >= 0.6 is 0 Å². The van der Waals surface area contributed by atoms with Gasteiger partial charge >= 0.3 is 6.18 Å². The highest BCUT2D eigenvalue weighted by atomic mass is 19.4. The molecule has 0 unspecified atom stereocenters. The Kier molecular flexibility index (Phi) is 3.35. The summed E-state index contributed by atoms with van der Waals surface area (Å²) in [6, 6.07) is 2.45. The fraction of sp³-hybridized carbons (Fsp3) is 0.545. The third kappa shape index (κ3) is 2.95. The first-order valence-corrected chi connectivity index (χ1v) is 5.34. The average molecular weight is 246 g/mol. The largest absolute Gasteiger partial charge is 0.417 e. The van der Waals surface area contributed by atoms with Crippen molar-refractivity contribution in [3.05, 3.63) is 29.6 Å². The van der Waals surface area contributed by atoms with Crippen molar-refractivity contribution < 1.29 is 18.3 Å². The normalized spacial score (nSPS) is 18.1. The number of likely N-dealkylation sites (tertiary alicyclic amines) is 1. The maximum atomic E-state index is 12.3. The van der Waals surface area contributed by atoms with Crippen LogP contribution in [0.15, 0.2) is 18.3 Å². The zero-order valence-corrected chi connectivity index (χ0v) is 9.11. The molecule has 94 valence electrons. The zero-order valence-electron chi connectivity index (χ0n) is 9.11. The molecule has 1 aromatic rings. The molecule has 17 heavy (non-hydrogen) atoms. The highest BCUT2D eigenvalue weighted by molar-refractivity contribution is 5.17. The molecule has 1 aromatic heterocycles. The number of hydrogen-bond acceptors (Lipinski definition) is 3. The van der Waals surface area contributed by atoms with Gasteiger partial charge in [0.15, 0.2) is 0 Å². The molecule has 1 saturated heterocycles. The number of rotatable bonds is 3.